The van der Waals surface area contributed by atoms with Crippen molar-refractivity contribution in [3.8, 4) is 16.9 Å². The van der Waals surface area contributed by atoms with Crippen LogP contribution >= 0.6 is 0 Å². The maximum Gasteiger partial charge on any atom is 0.295 e. The molecule has 2 aromatic carbocycles. The average molecular weight is 496 g/mol. The Morgan fingerprint density at radius 1 is 0.946 bits per heavy atom. The Hall–Kier alpha value is -4.86. The number of halogens is 1. The van der Waals surface area contributed by atoms with Crippen LogP contribution < -0.4 is 4.90 Å². The molecule has 4 heterocycles. The number of carbonyl (C=O) groups is 2. The van der Waals surface area contributed by atoms with Crippen LogP contribution in [0.2, 0.25) is 0 Å². The van der Waals surface area contributed by atoms with E-state index in [1.165, 1.54) is 22.0 Å². The van der Waals surface area contributed by atoms with E-state index in [9.17, 15) is 14.0 Å². The number of hydrogen-bond acceptors (Lipinski definition) is 6. The van der Waals surface area contributed by atoms with E-state index >= 15 is 0 Å². The van der Waals surface area contributed by atoms with Gasteiger partial charge in [-0.25, -0.2) is 14.1 Å². The van der Waals surface area contributed by atoms with Gasteiger partial charge in [0.25, 0.3) is 11.7 Å². The molecular formula is C27H22FN7O2. The summed E-state index contributed by atoms with van der Waals surface area (Å²) in [4.78, 5) is 37.0. The third-order valence-electron chi connectivity index (χ3n) is 6.61. The number of carbonyl (C=O) groups excluding carboxylic acids is 2. The smallest absolute Gasteiger partial charge is 0.295 e. The van der Waals surface area contributed by atoms with Gasteiger partial charge in [0.05, 0.1) is 35.1 Å². The minimum atomic E-state index is -0.764. The fourth-order valence-electron chi connectivity index (χ4n) is 4.71. The lowest BCUT2D eigenvalue weighted by Crippen LogP contribution is -2.50. The molecule has 0 spiro atoms. The number of anilines is 1. The molecule has 37 heavy (non-hydrogen) atoms. The van der Waals surface area contributed by atoms with Crippen LogP contribution in [0.4, 0.5) is 10.1 Å². The van der Waals surface area contributed by atoms with Gasteiger partial charge in [-0.1, -0.05) is 47.7 Å². The van der Waals surface area contributed by atoms with Gasteiger partial charge in [0.15, 0.2) is 11.6 Å². The largest absolute Gasteiger partial charge is 0.368 e. The Bertz CT molecular complexity index is 1590. The van der Waals surface area contributed by atoms with Gasteiger partial charge in [-0.15, -0.1) is 5.10 Å². The number of fused-ring (bicyclic) bond motifs is 1. The first-order valence-electron chi connectivity index (χ1n) is 11.9. The highest BCUT2D eigenvalue weighted by Crippen LogP contribution is 2.27. The molecule has 184 valence electrons. The molecule has 1 aliphatic heterocycles. The van der Waals surface area contributed by atoms with Crippen molar-refractivity contribution in [2.45, 2.75) is 0 Å². The highest BCUT2D eigenvalue weighted by atomic mass is 19.1. The number of piperazine rings is 1. The molecule has 6 rings (SSSR count). The average Bonchev–Trinajstić information content (AvgIpc) is 3.65. The summed E-state index contributed by atoms with van der Waals surface area (Å²) in [6.07, 6.45) is 5.38. The molecule has 0 atom stereocenters. The number of H-pyrrole nitrogens is 1. The number of nitrogens with one attached hydrogen (secondary N) is 1. The number of pyridine rings is 1. The van der Waals surface area contributed by atoms with Gasteiger partial charge in [-0.3, -0.25) is 9.59 Å². The van der Waals surface area contributed by atoms with Crippen LogP contribution in [0.3, 0.4) is 0 Å². The minimum Gasteiger partial charge on any atom is -0.368 e. The van der Waals surface area contributed by atoms with Crippen molar-refractivity contribution in [3.63, 3.8) is 0 Å². The molecular weight excluding hydrogens is 473 g/mol. The fourth-order valence-corrected chi connectivity index (χ4v) is 4.71. The molecule has 1 saturated heterocycles. The third kappa shape index (κ3) is 4.12. The monoisotopic (exact) mass is 495 g/mol. The number of nitrogens with zero attached hydrogens (tertiary/aromatic N) is 6. The van der Waals surface area contributed by atoms with Crippen molar-refractivity contribution < 1.29 is 14.0 Å². The van der Waals surface area contributed by atoms with E-state index in [2.05, 4.69) is 49.4 Å². The molecule has 1 amide bonds. The van der Waals surface area contributed by atoms with E-state index in [1.807, 2.05) is 30.3 Å². The number of ketones is 1. The normalized spacial score (nSPS) is 13.8. The van der Waals surface area contributed by atoms with Crippen LogP contribution in [0.15, 0.2) is 79.4 Å². The lowest BCUT2D eigenvalue weighted by Gasteiger charge is -2.36. The second-order valence-corrected chi connectivity index (χ2v) is 8.75. The van der Waals surface area contributed by atoms with Gasteiger partial charge >= 0.3 is 0 Å². The SMILES string of the molecule is O=C(C(=O)N1CCN(c2cccc(-c3ccccc3)c2)CC1)c1c[nH]c2c(-n3ccnn3)ncc(F)c12. The fraction of sp³-hybridized carbons (Fsp3) is 0.148. The first-order chi connectivity index (χ1) is 18.1. The zero-order chi connectivity index (χ0) is 25.4. The predicted octanol–water partition coefficient (Wildman–Crippen LogP) is 3.48. The van der Waals surface area contributed by atoms with Crippen molar-refractivity contribution in [1.82, 2.24) is 29.9 Å². The molecule has 0 bridgehead atoms. The van der Waals surface area contributed by atoms with Gasteiger partial charge in [-0.05, 0) is 23.3 Å². The number of rotatable bonds is 5. The maximum absolute atomic E-state index is 14.8. The van der Waals surface area contributed by atoms with Crippen molar-refractivity contribution in [1.29, 1.82) is 0 Å². The summed E-state index contributed by atoms with van der Waals surface area (Å²) in [6, 6.07) is 18.4. The van der Waals surface area contributed by atoms with Crippen molar-refractivity contribution in [3.05, 3.63) is 90.8 Å². The molecule has 9 nitrogen and oxygen atoms in total. The molecule has 0 unspecified atom stereocenters. The molecule has 1 N–H and O–H groups in total. The molecule has 0 aliphatic carbocycles. The second-order valence-electron chi connectivity index (χ2n) is 8.75. The zero-order valence-electron chi connectivity index (χ0n) is 19.7. The lowest BCUT2D eigenvalue weighted by molar-refractivity contribution is -0.126. The van der Waals surface area contributed by atoms with E-state index < -0.39 is 17.5 Å². The van der Waals surface area contributed by atoms with Crippen LogP contribution in [-0.2, 0) is 4.79 Å². The summed E-state index contributed by atoms with van der Waals surface area (Å²) in [5.41, 5.74) is 3.56. The maximum atomic E-state index is 14.8. The summed E-state index contributed by atoms with van der Waals surface area (Å²) in [7, 11) is 0. The van der Waals surface area contributed by atoms with Crippen molar-refractivity contribution in [2.24, 2.45) is 0 Å². The van der Waals surface area contributed by atoms with Crippen LogP contribution in [0.1, 0.15) is 10.4 Å². The topological polar surface area (TPSA) is 100 Å². The van der Waals surface area contributed by atoms with Crippen LogP contribution in [0.25, 0.3) is 27.8 Å². The number of aromatic amines is 1. The number of amides is 1. The highest BCUT2D eigenvalue weighted by molar-refractivity contribution is 6.45. The Kier molecular flexibility index (Phi) is 5.68. The minimum absolute atomic E-state index is 0.00946. The number of hydrogen-bond donors (Lipinski definition) is 1. The number of Topliss-reactive ketones (excluding diaryl/α,β-unsaturated/α-hetero) is 1. The Morgan fingerprint density at radius 2 is 1.73 bits per heavy atom. The van der Waals surface area contributed by atoms with E-state index in [0.29, 0.717) is 26.2 Å². The van der Waals surface area contributed by atoms with E-state index in [0.717, 1.165) is 23.0 Å². The molecule has 5 aromatic rings. The Morgan fingerprint density at radius 3 is 2.49 bits per heavy atom. The highest BCUT2D eigenvalue weighted by Gasteiger charge is 2.30. The number of aromatic nitrogens is 5. The second kappa shape index (κ2) is 9.30. The molecule has 10 heteroatoms. The zero-order valence-corrected chi connectivity index (χ0v) is 19.7. The molecule has 1 aliphatic rings. The molecule has 1 fully saturated rings. The summed E-state index contributed by atoms with van der Waals surface area (Å²) in [5.74, 6) is -1.83. The summed E-state index contributed by atoms with van der Waals surface area (Å²) < 4.78 is 16.1. The first kappa shape index (κ1) is 22.6. The van der Waals surface area contributed by atoms with E-state index in [-0.39, 0.29) is 22.3 Å². The standard InChI is InChI=1S/C27H22FN7O2/c28-22-17-30-26(35-10-9-31-32-35)24-23(22)21(16-29-24)25(36)27(37)34-13-11-33(12-14-34)20-8-4-7-19(15-20)18-5-2-1-3-6-18/h1-10,15-17,29H,11-14H2. The molecule has 0 saturated carbocycles. The third-order valence-corrected chi connectivity index (χ3v) is 6.61. The van der Waals surface area contributed by atoms with E-state index in [1.54, 1.807) is 6.20 Å². The van der Waals surface area contributed by atoms with Crippen molar-refractivity contribution in [2.75, 3.05) is 31.1 Å². The van der Waals surface area contributed by atoms with Crippen LogP contribution in [-0.4, -0.2) is 67.7 Å². The van der Waals surface area contributed by atoms with Gasteiger partial charge in [-0.2, -0.15) is 0 Å². The summed E-state index contributed by atoms with van der Waals surface area (Å²) >= 11 is 0. The van der Waals surface area contributed by atoms with Gasteiger partial charge in [0.2, 0.25) is 0 Å². The summed E-state index contributed by atoms with van der Waals surface area (Å²) in [6.45, 7) is 1.94. The van der Waals surface area contributed by atoms with Gasteiger partial charge in [0, 0.05) is 38.1 Å². The van der Waals surface area contributed by atoms with Crippen LogP contribution in [0.5, 0.6) is 0 Å². The summed E-state index contributed by atoms with van der Waals surface area (Å²) in [5, 5.41) is 7.63. The van der Waals surface area contributed by atoms with E-state index in [4.69, 9.17) is 0 Å². The van der Waals surface area contributed by atoms with Crippen LogP contribution in [0, 0.1) is 5.82 Å². The Balaban J connectivity index is 1.19. The number of benzene rings is 2. The van der Waals surface area contributed by atoms with Gasteiger partial charge < -0.3 is 14.8 Å². The lowest BCUT2D eigenvalue weighted by atomic mass is 10.0. The first-order valence-corrected chi connectivity index (χ1v) is 11.9. The van der Waals surface area contributed by atoms with Gasteiger partial charge in [0.1, 0.15) is 0 Å². The van der Waals surface area contributed by atoms with Crippen molar-refractivity contribution >= 4 is 28.3 Å². The Labute approximate surface area is 211 Å². The molecule has 0 radical (unpaired) electrons. The quantitative estimate of drug-likeness (QED) is 0.296. The predicted molar refractivity (Wildman–Crippen MR) is 136 cm³/mol. The molecule has 3 aromatic heterocycles.